The van der Waals surface area contributed by atoms with Crippen LogP contribution in [0.15, 0.2) is 21.9 Å². The molecule has 2 heterocycles. The van der Waals surface area contributed by atoms with Crippen molar-refractivity contribution in [2.75, 3.05) is 6.54 Å². The average molecular weight is 342 g/mol. The van der Waals surface area contributed by atoms with Gasteiger partial charge in [0.2, 0.25) is 0 Å². The zero-order valence-electron chi connectivity index (χ0n) is 14.5. The van der Waals surface area contributed by atoms with Gasteiger partial charge >= 0.3 is 5.69 Å². The molecular formula is C18H22N4O3. The lowest BCUT2D eigenvalue weighted by atomic mass is 10.1. The Morgan fingerprint density at radius 1 is 1.32 bits per heavy atom. The lowest BCUT2D eigenvalue weighted by Crippen LogP contribution is -2.36. The number of nitrogens with one attached hydrogen (secondary N) is 1. The average Bonchev–Trinajstić information content (AvgIpc) is 3.44. The number of aromatic amines is 1. The number of aromatic nitrogens is 3. The molecular weight excluding hydrogens is 320 g/mol. The fraction of sp³-hybridized carbons (Fsp3) is 0.556. The molecule has 25 heavy (non-hydrogen) atoms. The highest BCUT2D eigenvalue weighted by Crippen LogP contribution is 2.35. The van der Waals surface area contributed by atoms with Gasteiger partial charge < -0.3 is 4.90 Å². The van der Waals surface area contributed by atoms with Crippen LogP contribution in [-0.2, 0) is 0 Å². The van der Waals surface area contributed by atoms with Gasteiger partial charge in [0.1, 0.15) is 5.65 Å². The van der Waals surface area contributed by atoms with Crippen LogP contribution >= 0.6 is 0 Å². The van der Waals surface area contributed by atoms with Crippen molar-refractivity contribution in [1.29, 1.82) is 0 Å². The number of hydrogen-bond acceptors (Lipinski definition) is 4. The van der Waals surface area contributed by atoms with E-state index in [1.165, 1.54) is 10.8 Å². The van der Waals surface area contributed by atoms with Gasteiger partial charge in [0, 0.05) is 24.8 Å². The van der Waals surface area contributed by atoms with Gasteiger partial charge in [-0.3, -0.25) is 19.1 Å². The van der Waals surface area contributed by atoms with Gasteiger partial charge in [-0.15, -0.1) is 0 Å². The molecule has 0 radical (unpaired) electrons. The highest BCUT2D eigenvalue weighted by atomic mass is 16.2. The van der Waals surface area contributed by atoms with E-state index in [-0.39, 0.29) is 11.9 Å². The Balaban J connectivity index is 1.77. The van der Waals surface area contributed by atoms with E-state index in [1.807, 2.05) is 4.90 Å². The summed E-state index contributed by atoms with van der Waals surface area (Å²) in [7, 11) is 0. The smallest absolute Gasteiger partial charge is 0.330 e. The molecule has 0 atom stereocenters. The third-order valence-electron chi connectivity index (χ3n) is 4.75. The molecule has 0 bridgehead atoms. The summed E-state index contributed by atoms with van der Waals surface area (Å²) in [5.74, 6) is 0.288. The lowest BCUT2D eigenvalue weighted by molar-refractivity contribution is 0.0722. The van der Waals surface area contributed by atoms with Crippen molar-refractivity contribution in [3.8, 4) is 0 Å². The molecule has 0 spiro atoms. The van der Waals surface area contributed by atoms with Crippen molar-refractivity contribution in [2.24, 2.45) is 5.92 Å². The van der Waals surface area contributed by atoms with Crippen molar-refractivity contribution >= 4 is 16.9 Å². The number of H-pyrrole nitrogens is 1. The standard InChI is InChI=1S/C18H22N4O3/c1-10(2)9-21(12-3-4-12)17(24)11-7-14-15(19-8-11)22(13-5-6-13)18(25)20-16(14)23/h7-8,10,12-13H,3-6,9H2,1-2H3,(H,20,23,25). The van der Waals surface area contributed by atoms with Crippen LogP contribution in [0, 0.1) is 5.92 Å². The van der Waals surface area contributed by atoms with Crippen LogP contribution < -0.4 is 11.2 Å². The maximum absolute atomic E-state index is 12.9. The van der Waals surface area contributed by atoms with Gasteiger partial charge in [0.25, 0.3) is 11.5 Å². The van der Waals surface area contributed by atoms with E-state index in [1.54, 1.807) is 6.07 Å². The summed E-state index contributed by atoms with van der Waals surface area (Å²) >= 11 is 0. The summed E-state index contributed by atoms with van der Waals surface area (Å²) in [4.78, 5) is 45.8. The SMILES string of the molecule is CC(C)CN(C(=O)c1cnc2c(c1)c(=O)[nH]c(=O)n2C1CC1)C1CC1. The Morgan fingerprint density at radius 3 is 2.64 bits per heavy atom. The molecule has 1 amide bonds. The predicted octanol–water partition coefficient (Wildman–Crippen LogP) is 1.68. The number of nitrogens with zero attached hydrogens (tertiary/aromatic N) is 3. The molecule has 132 valence electrons. The van der Waals surface area contributed by atoms with Gasteiger partial charge in [-0.2, -0.15) is 0 Å². The number of fused-ring (bicyclic) bond motifs is 1. The van der Waals surface area contributed by atoms with E-state index in [2.05, 4.69) is 23.8 Å². The van der Waals surface area contributed by atoms with Crippen molar-refractivity contribution in [2.45, 2.75) is 51.6 Å². The Bertz CT molecular complexity index is 951. The fourth-order valence-electron chi connectivity index (χ4n) is 3.27. The lowest BCUT2D eigenvalue weighted by Gasteiger charge is -2.24. The normalized spacial score (nSPS) is 17.2. The minimum absolute atomic E-state index is 0.0887. The Hall–Kier alpha value is -2.44. The van der Waals surface area contributed by atoms with Crippen LogP contribution in [0.4, 0.5) is 0 Å². The molecule has 7 nitrogen and oxygen atoms in total. The molecule has 2 aromatic heterocycles. The van der Waals surface area contributed by atoms with Crippen molar-refractivity contribution in [3.63, 3.8) is 0 Å². The summed E-state index contributed by atoms with van der Waals surface area (Å²) in [6.45, 7) is 4.86. The largest absolute Gasteiger partial charge is 0.335 e. The van der Waals surface area contributed by atoms with Crippen molar-refractivity contribution < 1.29 is 4.79 Å². The molecule has 2 aliphatic carbocycles. The van der Waals surface area contributed by atoms with Crippen LogP contribution in [0.2, 0.25) is 0 Å². The fourth-order valence-corrected chi connectivity index (χ4v) is 3.27. The molecule has 2 saturated carbocycles. The summed E-state index contributed by atoms with van der Waals surface area (Å²) in [5, 5.41) is 0.303. The molecule has 2 aromatic rings. The Morgan fingerprint density at radius 2 is 2.04 bits per heavy atom. The molecule has 7 heteroatoms. The number of carbonyl (C=O) groups is 1. The topological polar surface area (TPSA) is 88.1 Å². The number of amides is 1. The molecule has 0 aliphatic heterocycles. The highest BCUT2D eigenvalue weighted by Gasteiger charge is 2.34. The zero-order valence-corrected chi connectivity index (χ0v) is 14.5. The van der Waals surface area contributed by atoms with E-state index in [4.69, 9.17) is 0 Å². The van der Waals surface area contributed by atoms with Crippen LogP contribution in [0.1, 0.15) is 55.9 Å². The number of carbonyl (C=O) groups excluding carboxylic acids is 1. The monoisotopic (exact) mass is 342 g/mol. The number of pyridine rings is 1. The van der Waals surface area contributed by atoms with Crippen molar-refractivity contribution in [3.05, 3.63) is 38.7 Å². The summed E-state index contributed by atoms with van der Waals surface area (Å²) in [6, 6.07) is 1.98. The minimum atomic E-state index is -0.485. The van der Waals surface area contributed by atoms with Gasteiger partial charge in [-0.1, -0.05) is 13.8 Å². The first-order valence-electron chi connectivity index (χ1n) is 8.91. The molecule has 0 aromatic carbocycles. The highest BCUT2D eigenvalue weighted by molar-refractivity contribution is 5.97. The second-order valence-corrected chi connectivity index (χ2v) is 7.54. The molecule has 2 aliphatic rings. The quantitative estimate of drug-likeness (QED) is 0.895. The van der Waals surface area contributed by atoms with Crippen molar-refractivity contribution in [1.82, 2.24) is 19.4 Å². The Labute approximate surface area is 144 Å². The van der Waals surface area contributed by atoms with E-state index in [9.17, 15) is 14.4 Å². The first kappa shape index (κ1) is 16.1. The molecule has 4 rings (SSSR count). The van der Waals surface area contributed by atoms with E-state index >= 15 is 0 Å². The Kier molecular flexibility index (Phi) is 3.74. The predicted molar refractivity (Wildman–Crippen MR) is 93.8 cm³/mol. The molecule has 1 N–H and O–H groups in total. The maximum Gasteiger partial charge on any atom is 0.330 e. The third kappa shape index (κ3) is 2.99. The molecule has 2 fully saturated rings. The summed E-state index contributed by atoms with van der Waals surface area (Å²) in [6.07, 6.45) is 5.38. The minimum Gasteiger partial charge on any atom is -0.335 e. The molecule has 0 saturated heterocycles. The van der Waals surface area contributed by atoms with Gasteiger partial charge in [-0.25, -0.2) is 9.78 Å². The summed E-state index contributed by atoms with van der Waals surface area (Å²) < 4.78 is 1.54. The second kappa shape index (κ2) is 5.82. The van der Waals surface area contributed by atoms with Gasteiger partial charge in [0.05, 0.1) is 10.9 Å². The number of rotatable bonds is 5. The maximum atomic E-state index is 12.9. The van der Waals surface area contributed by atoms with Gasteiger partial charge in [0.15, 0.2) is 0 Å². The van der Waals surface area contributed by atoms with E-state index in [0.717, 1.165) is 25.7 Å². The van der Waals surface area contributed by atoms with Gasteiger partial charge in [-0.05, 0) is 37.7 Å². The van der Waals surface area contributed by atoms with E-state index < -0.39 is 11.2 Å². The third-order valence-corrected chi connectivity index (χ3v) is 4.75. The number of hydrogen-bond donors (Lipinski definition) is 1. The first-order chi connectivity index (χ1) is 12.0. The molecule has 0 unspecified atom stereocenters. The first-order valence-corrected chi connectivity index (χ1v) is 8.91. The van der Waals surface area contributed by atoms with E-state index in [0.29, 0.717) is 35.1 Å². The van der Waals surface area contributed by atoms with Crippen LogP contribution in [0.3, 0.4) is 0 Å². The van der Waals surface area contributed by atoms with Crippen LogP contribution in [0.5, 0.6) is 0 Å². The summed E-state index contributed by atoms with van der Waals surface area (Å²) in [5.41, 5.74) is -0.131. The zero-order chi connectivity index (χ0) is 17.7. The van der Waals surface area contributed by atoms with Crippen LogP contribution in [0.25, 0.3) is 11.0 Å². The second-order valence-electron chi connectivity index (χ2n) is 7.54. The van der Waals surface area contributed by atoms with Crippen LogP contribution in [-0.4, -0.2) is 37.9 Å².